The van der Waals surface area contributed by atoms with Gasteiger partial charge in [0.2, 0.25) is 0 Å². The Kier molecular flexibility index (Phi) is 18.8. The second kappa shape index (κ2) is 21.2. The lowest BCUT2D eigenvalue weighted by Crippen LogP contribution is -2.47. The maximum absolute atomic E-state index is 11.0. The zero-order chi connectivity index (χ0) is 29.8. The Morgan fingerprint density at radius 1 is 0.500 bits per heavy atom. The van der Waals surface area contributed by atoms with E-state index in [4.69, 9.17) is 31.6 Å². The van der Waals surface area contributed by atoms with Gasteiger partial charge in [0.25, 0.3) is 0 Å². The summed E-state index contributed by atoms with van der Waals surface area (Å²) in [7, 11) is 0. The van der Waals surface area contributed by atoms with E-state index >= 15 is 0 Å². The van der Waals surface area contributed by atoms with E-state index in [2.05, 4.69) is 5.92 Å². The van der Waals surface area contributed by atoms with Gasteiger partial charge in [-0.2, -0.15) is 0 Å². The lowest BCUT2D eigenvalue weighted by molar-refractivity contribution is -0.138. The Labute approximate surface area is 239 Å². The lowest BCUT2D eigenvalue weighted by Gasteiger charge is -2.47. The molecule has 1 aliphatic heterocycles. The molecule has 1 heterocycles. The quantitative estimate of drug-likeness (QED) is 0.0768. The first-order valence-electron chi connectivity index (χ1n) is 15.1. The number of carboxylic acid groups (broad SMARTS) is 4. The van der Waals surface area contributed by atoms with Crippen molar-refractivity contribution in [2.24, 2.45) is 17.8 Å². The summed E-state index contributed by atoms with van der Waals surface area (Å²) in [5.74, 6) is 0.343. The minimum Gasteiger partial charge on any atom is -0.481 e. The van der Waals surface area contributed by atoms with E-state index in [0.717, 1.165) is 77.0 Å². The molecule has 0 aliphatic carbocycles. The molecular formula is C31H50O9. The molecule has 1 rings (SSSR count). The maximum Gasteiger partial charge on any atom is 0.303 e. The number of hydrogen-bond donors (Lipinski definition) is 4. The van der Waals surface area contributed by atoms with Crippen LogP contribution in [0.5, 0.6) is 0 Å². The number of carbonyl (C=O) groups is 4. The zero-order valence-corrected chi connectivity index (χ0v) is 23.9. The Hall–Kier alpha value is -2.60. The fourth-order valence-electron chi connectivity index (χ4n) is 6.14. The van der Waals surface area contributed by atoms with Crippen LogP contribution in [0.3, 0.4) is 0 Å². The molecule has 0 aromatic heterocycles. The predicted octanol–water partition coefficient (Wildman–Crippen LogP) is 6.38. The van der Waals surface area contributed by atoms with Crippen molar-refractivity contribution in [3.05, 3.63) is 0 Å². The molecule has 0 aromatic carbocycles. The molecule has 0 radical (unpaired) electrons. The summed E-state index contributed by atoms with van der Waals surface area (Å²) >= 11 is 0. The Balaban J connectivity index is 3.00. The average molecular weight is 567 g/mol. The van der Waals surface area contributed by atoms with Crippen LogP contribution < -0.4 is 0 Å². The van der Waals surface area contributed by atoms with Crippen molar-refractivity contribution in [2.45, 2.75) is 141 Å². The van der Waals surface area contributed by atoms with E-state index in [0.29, 0.717) is 25.7 Å². The SMILES string of the molecule is C#C[C@H]1O[C@@H](CCCCCC(=O)O)[C@@H](CCCCCC(=O)O)[C@@H](CCCCCC(=O)O)[C@H]1CCCCCC(=O)O. The largest absolute Gasteiger partial charge is 0.481 e. The Morgan fingerprint density at radius 2 is 0.850 bits per heavy atom. The van der Waals surface area contributed by atoms with Crippen molar-refractivity contribution < 1.29 is 44.3 Å². The summed E-state index contributed by atoms with van der Waals surface area (Å²) in [6, 6.07) is 0. The molecule has 0 spiro atoms. The molecule has 40 heavy (non-hydrogen) atoms. The van der Waals surface area contributed by atoms with Crippen LogP contribution >= 0.6 is 0 Å². The average Bonchev–Trinajstić information content (AvgIpc) is 2.88. The van der Waals surface area contributed by atoms with Gasteiger partial charge in [-0.05, 0) is 69.1 Å². The van der Waals surface area contributed by atoms with Gasteiger partial charge in [-0.1, -0.05) is 57.3 Å². The monoisotopic (exact) mass is 566 g/mol. The highest BCUT2D eigenvalue weighted by Gasteiger charge is 2.43. The fraction of sp³-hybridized carbons (Fsp3) is 0.806. The number of rotatable bonds is 24. The van der Waals surface area contributed by atoms with Crippen LogP contribution in [0.2, 0.25) is 0 Å². The van der Waals surface area contributed by atoms with Crippen LogP contribution in [0, 0.1) is 30.1 Å². The van der Waals surface area contributed by atoms with Crippen LogP contribution in [0.15, 0.2) is 0 Å². The van der Waals surface area contributed by atoms with E-state index in [1.54, 1.807) is 0 Å². The first kappa shape index (κ1) is 35.4. The first-order valence-corrected chi connectivity index (χ1v) is 15.1. The van der Waals surface area contributed by atoms with E-state index in [1.165, 1.54) is 0 Å². The summed E-state index contributed by atoms with van der Waals surface area (Å²) < 4.78 is 6.55. The van der Waals surface area contributed by atoms with Crippen molar-refractivity contribution >= 4 is 23.9 Å². The predicted molar refractivity (Wildman–Crippen MR) is 151 cm³/mol. The number of unbranched alkanes of at least 4 members (excludes halogenated alkanes) is 8. The number of carboxylic acids is 4. The van der Waals surface area contributed by atoms with Gasteiger partial charge in [0.05, 0.1) is 6.10 Å². The summed E-state index contributed by atoms with van der Waals surface area (Å²) in [6.45, 7) is 0. The van der Waals surface area contributed by atoms with Crippen molar-refractivity contribution in [3.63, 3.8) is 0 Å². The highest BCUT2D eigenvalue weighted by molar-refractivity contribution is 5.67. The van der Waals surface area contributed by atoms with Gasteiger partial charge in [-0.25, -0.2) is 0 Å². The smallest absolute Gasteiger partial charge is 0.303 e. The lowest BCUT2D eigenvalue weighted by atomic mass is 9.67. The highest BCUT2D eigenvalue weighted by atomic mass is 16.5. The van der Waals surface area contributed by atoms with Crippen LogP contribution in [-0.4, -0.2) is 56.5 Å². The molecule has 4 N–H and O–H groups in total. The van der Waals surface area contributed by atoms with E-state index in [-0.39, 0.29) is 55.6 Å². The summed E-state index contributed by atoms with van der Waals surface area (Å²) in [4.78, 5) is 43.7. The van der Waals surface area contributed by atoms with Gasteiger partial charge in [-0.15, -0.1) is 6.42 Å². The van der Waals surface area contributed by atoms with Crippen molar-refractivity contribution in [1.29, 1.82) is 0 Å². The van der Waals surface area contributed by atoms with Gasteiger partial charge in [0.1, 0.15) is 6.10 Å². The van der Waals surface area contributed by atoms with E-state index in [1.807, 2.05) is 0 Å². The Bertz CT molecular complexity index is 803. The third-order valence-electron chi connectivity index (χ3n) is 8.12. The van der Waals surface area contributed by atoms with Crippen molar-refractivity contribution in [2.75, 3.05) is 0 Å². The number of hydrogen-bond acceptors (Lipinski definition) is 5. The third kappa shape index (κ3) is 15.9. The van der Waals surface area contributed by atoms with Gasteiger partial charge in [0.15, 0.2) is 0 Å². The molecule has 0 aromatic rings. The highest BCUT2D eigenvalue weighted by Crippen LogP contribution is 2.45. The van der Waals surface area contributed by atoms with Crippen molar-refractivity contribution in [1.82, 2.24) is 0 Å². The van der Waals surface area contributed by atoms with E-state index < -0.39 is 23.9 Å². The third-order valence-corrected chi connectivity index (χ3v) is 8.12. The second-order valence-corrected chi connectivity index (χ2v) is 11.2. The molecule has 0 unspecified atom stereocenters. The van der Waals surface area contributed by atoms with Gasteiger partial charge in [-0.3, -0.25) is 19.2 Å². The van der Waals surface area contributed by atoms with E-state index in [9.17, 15) is 19.2 Å². The van der Waals surface area contributed by atoms with Crippen LogP contribution in [0.25, 0.3) is 0 Å². The number of aliphatic carboxylic acids is 4. The molecule has 1 fully saturated rings. The summed E-state index contributed by atoms with van der Waals surface area (Å²) in [5.41, 5.74) is 0. The molecule has 228 valence electrons. The van der Waals surface area contributed by atoms with Gasteiger partial charge >= 0.3 is 23.9 Å². The van der Waals surface area contributed by atoms with Gasteiger partial charge in [0, 0.05) is 25.7 Å². The van der Waals surface area contributed by atoms with Crippen molar-refractivity contribution in [3.8, 4) is 12.3 Å². The molecule has 0 bridgehead atoms. The maximum atomic E-state index is 11.0. The standard InChI is InChI=1S/C31H50O9/c1-2-26-24(16-8-4-12-20-29(34)35)23(15-7-3-11-19-28(32)33)25(17-9-5-13-21-30(36)37)27(40-26)18-10-6-14-22-31(38)39/h1,23-27H,3-22H2,(H,32,33)(H,34,35)(H,36,37)(H,38,39)/t23-,24+,25-,26+,27-/m0/s1. The van der Waals surface area contributed by atoms with Crippen LogP contribution in [0.4, 0.5) is 0 Å². The molecule has 0 amide bonds. The summed E-state index contributed by atoms with van der Waals surface area (Å²) in [6.07, 6.45) is 18.8. The fourth-order valence-corrected chi connectivity index (χ4v) is 6.14. The van der Waals surface area contributed by atoms with Crippen LogP contribution in [0.1, 0.15) is 128 Å². The zero-order valence-electron chi connectivity index (χ0n) is 23.9. The molecule has 1 aliphatic rings. The molecule has 9 heteroatoms. The minimum absolute atomic E-state index is 0.0577. The number of terminal acetylenes is 1. The Morgan fingerprint density at radius 3 is 1.23 bits per heavy atom. The molecule has 5 atom stereocenters. The summed E-state index contributed by atoms with van der Waals surface area (Å²) in [5, 5.41) is 35.9. The molecule has 9 nitrogen and oxygen atoms in total. The normalized spacial score (nSPS) is 22.4. The second-order valence-electron chi connectivity index (χ2n) is 11.2. The first-order chi connectivity index (χ1) is 19.1. The topological polar surface area (TPSA) is 158 Å². The van der Waals surface area contributed by atoms with Crippen LogP contribution in [-0.2, 0) is 23.9 Å². The van der Waals surface area contributed by atoms with Gasteiger partial charge < -0.3 is 25.2 Å². The number of ether oxygens (including phenoxy) is 1. The molecular weight excluding hydrogens is 516 g/mol. The molecule has 0 saturated carbocycles. The minimum atomic E-state index is -0.797. The molecule has 1 saturated heterocycles.